The largest absolute Gasteiger partial charge is 0.478 e. The van der Waals surface area contributed by atoms with E-state index >= 15 is 0 Å². The molecule has 0 aliphatic rings. The number of benzene rings is 4. The number of nitrogens with one attached hydrogen (secondary N) is 1. The van der Waals surface area contributed by atoms with Crippen LogP contribution in [-0.2, 0) is 16.4 Å². The van der Waals surface area contributed by atoms with Gasteiger partial charge in [0.15, 0.2) is 0 Å². The van der Waals surface area contributed by atoms with Gasteiger partial charge in [0.1, 0.15) is 0 Å². The number of nitro benzene ring substituents is 1. The third-order valence-corrected chi connectivity index (χ3v) is 8.90. The lowest BCUT2D eigenvalue weighted by Crippen LogP contribution is -2.47. The fraction of sp³-hybridized carbons (Fsp3) is 0.258. The smallest absolute Gasteiger partial charge is 0.335 e. The first-order chi connectivity index (χ1) is 19.8. The van der Waals surface area contributed by atoms with Crippen LogP contribution in [0.2, 0.25) is 0 Å². The molecule has 11 heteroatoms. The van der Waals surface area contributed by atoms with Crippen LogP contribution in [0.1, 0.15) is 29.8 Å². The average Bonchev–Trinajstić information content (AvgIpc) is 2.95. The molecule has 0 radical (unpaired) electrons. The maximum absolute atomic E-state index is 13.2. The fourth-order valence-corrected chi connectivity index (χ4v) is 6.03. The number of carboxylic acids is 1. The summed E-state index contributed by atoms with van der Waals surface area (Å²) in [6, 6.07) is 23.5. The van der Waals surface area contributed by atoms with E-state index in [0.717, 1.165) is 26.7 Å². The maximum atomic E-state index is 13.2. The van der Waals surface area contributed by atoms with E-state index in [-0.39, 0.29) is 34.7 Å². The summed E-state index contributed by atoms with van der Waals surface area (Å²) < 4.78 is 27.4. The number of aromatic carboxylic acids is 1. The molecular weight excluding hydrogens is 558 g/mol. The minimum absolute atomic E-state index is 0.0460. The van der Waals surface area contributed by atoms with Gasteiger partial charge in [0.05, 0.1) is 27.0 Å². The lowest BCUT2D eigenvalue weighted by atomic mass is 9.93. The number of fused-ring (bicyclic) bond motifs is 1. The SMILES string of the molecule is CN(CC(O)CNC(C)(C)Cc1ccc2ccccc2c1)S(=O)(=O)c1ccc(-c2ccc(C(=O)O)cc2[N+](=O)[O-])cc1. The van der Waals surface area contributed by atoms with Crippen LogP contribution in [-0.4, -0.2) is 65.6 Å². The zero-order valence-corrected chi connectivity index (χ0v) is 24.3. The number of carboxylic acid groups (broad SMARTS) is 1. The monoisotopic (exact) mass is 591 g/mol. The van der Waals surface area contributed by atoms with Crippen LogP contribution in [0.25, 0.3) is 21.9 Å². The van der Waals surface area contributed by atoms with Crippen molar-refractivity contribution in [1.29, 1.82) is 0 Å². The molecule has 0 aliphatic heterocycles. The number of hydrogen-bond donors (Lipinski definition) is 3. The second kappa shape index (κ2) is 12.4. The second-order valence-corrected chi connectivity index (χ2v) is 12.9. The first kappa shape index (κ1) is 30.8. The van der Waals surface area contributed by atoms with Crippen LogP contribution in [0.15, 0.2) is 89.8 Å². The molecular formula is C31H33N3O7S. The zero-order valence-electron chi connectivity index (χ0n) is 23.5. The molecule has 1 atom stereocenters. The van der Waals surface area contributed by atoms with Crippen molar-refractivity contribution in [2.45, 2.75) is 36.8 Å². The van der Waals surface area contributed by atoms with Gasteiger partial charge in [-0.15, -0.1) is 0 Å². The molecule has 220 valence electrons. The van der Waals surface area contributed by atoms with Crippen LogP contribution in [0.4, 0.5) is 5.69 Å². The number of β-amino-alcohol motifs (C(OH)–C–C–N with tert-alkyl or cyclic N) is 1. The molecule has 4 aromatic rings. The third-order valence-electron chi connectivity index (χ3n) is 7.06. The van der Waals surface area contributed by atoms with E-state index in [1.165, 1.54) is 43.4 Å². The number of aliphatic hydroxyl groups excluding tert-OH is 1. The normalized spacial score (nSPS) is 12.9. The van der Waals surface area contributed by atoms with E-state index in [4.69, 9.17) is 5.11 Å². The Balaban J connectivity index is 1.39. The van der Waals surface area contributed by atoms with Gasteiger partial charge in [0.25, 0.3) is 5.69 Å². The van der Waals surface area contributed by atoms with Gasteiger partial charge in [0.2, 0.25) is 10.0 Å². The number of nitro groups is 1. The van der Waals surface area contributed by atoms with Crippen LogP contribution in [0, 0.1) is 10.1 Å². The molecule has 0 bridgehead atoms. The first-order valence-corrected chi connectivity index (χ1v) is 14.7. The number of rotatable bonds is 12. The van der Waals surface area contributed by atoms with Gasteiger partial charge in [-0.3, -0.25) is 10.1 Å². The summed E-state index contributed by atoms with van der Waals surface area (Å²) in [4.78, 5) is 22.0. The molecule has 0 saturated carbocycles. The summed E-state index contributed by atoms with van der Waals surface area (Å²) in [5.74, 6) is -1.29. The van der Waals surface area contributed by atoms with Crippen LogP contribution < -0.4 is 5.32 Å². The van der Waals surface area contributed by atoms with Gasteiger partial charge in [0, 0.05) is 31.7 Å². The van der Waals surface area contributed by atoms with E-state index in [2.05, 4.69) is 35.6 Å². The highest BCUT2D eigenvalue weighted by atomic mass is 32.2. The Labute approximate surface area is 244 Å². The predicted octanol–water partition coefficient (Wildman–Crippen LogP) is 4.71. The van der Waals surface area contributed by atoms with Crippen molar-refractivity contribution in [2.24, 2.45) is 0 Å². The van der Waals surface area contributed by atoms with Gasteiger partial charge in [-0.2, -0.15) is 4.31 Å². The number of hydrogen-bond acceptors (Lipinski definition) is 7. The van der Waals surface area contributed by atoms with Gasteiger partial charge < -0.3 is 15.5 Å². The van der Waals surface area contributed by atoms with Crippen molar-refractivity contribution in [3.63, 3.8) is 0 Å². The number of nitrogens with zero attached hydrogens (tertiary/aromatic N) is 2. The molecule has 0 amide bonds. The molecule has 0 aromatic heterocycles. The van der Waals surface area contributed by atoms with Crippen molar-refractivity contribution >= 4 is 32.5 Å². The Hall–Kier alpha value is -4.16. The molecule has 0 saturated heterocycles. The predicted molar refractivity (Wildman–Crippen MR) is 161 cm³/mol. The summed E-state index contributed by atoms with van der Waals surface area (Å²) in [6.45, 7) is 4.08. The Bertz CT molecular complexity index is 1720. The van der Waals surface area contributed by atoms with E-state index in [1.54, 1.807) is 0 Å². The van der Waals surface area contributed by atoms with Gasteiger partial charge >= 0.3 is 5.97 Å². The van der Waals surface area contributed by atoms with Crippen molar-refractivity contribution in [3.8, 4) is 11.1 Å². The molecule has 10 nitrogen and oxygen atoms in total. The molecule has 1 unspecified atom stereocenters. The van der Waals surface area contributed by atoms with Gasteiger partial charge in [-0.1, -0.05) is 54.6 Å². The molecule has 4 rings (SSSR count). The topological polar surface area (TPSA) is 150 Å². The molecule has 0 fully saturated rings. The molecule has 0 spiro atoms. The Kier molecular flexibility index (Phi) is 9.07. The fourth-order valence-electron chi connectivity index (χ4n) is 4.82. The summed E-state index contributed by atoms with van der Waals surface area (Å²) in [7, 11) is -2.59. The molecule has 3 N–H and O–H groups in total. The van der Waals surface area contributed by atoms with Crippen LogP contribution in [0.3, 0.4) is 0 Å². The third kappa shape index (κ3) is 7.18. The molecule has 0 heterocycles. The average molecular weight is 592 g/mol. The van der Waals surface area contributed by atoms with E-state index in [1.807, 2.05) is 26.0 Å². The van der Waals surface area contributed by atoms with Crippen molar-refractivity contribution in [2.75, 3.05) is 20.1 Å². The van der Waals surface area contributed by atoms with Crippen molar-refractivity contribution in [3.05, 3.63) is 106 Å². The number of likely N-dealkylation sites (N-methyl/N-ethyl adjacent to an activating group) is 1. The molecule has 4 aromatic carbocycles. The lowest BCUT2D eigenvalue weighted by Gasteiger charge is -2.29. The van der Waals surface area contributed by atoms with Gasteiger partial charge in [-0.05, 0) is 66.4 Å². The summed E-state index contributed by atoms with van der Waals surface area (Å²) in [5.41, 5.74) is 0.681. The van der Waals surface area contributed by atoms with Crippen molar-refractivity contribution < 1.29 is 28.3 Å². The standard InChI is InChI=1S/C31H33N3O7S/c1-31(2,18-21-8-9-22-6-4-5-7-24(22)16-21)32-19-26(35)20-33(3)42(40,41)27-13-10-23(11-14-27)28-15-12-25(30(36)37)17-29(28)34(38)39/h4-17,26,32,35H,18-20H2,1-3H3,(H,36,37). The Morgan fingerprint density at radius 2 is 1.67 bits per heavy atom. The maximum Gasteiger partial charge on any atom is 0.335 e. The number of sulfonamides is 1. The van der Waals surface area contributed by atoms with E-state index in [9.17, 15) is 28.4 Å². The minimum Gasteiger partial charge on any atom is -0.478 e. The quantitative estimate of drug-likeness (QED) is 0.158. The Morgan fingerprint density at radius 3 is 2.31 bits per heavy atom. The Morgan fingerprint density at radius 1 is 1.00 bits per heavy atom. The van der Waals surface area contributed by atoms with Crippen LogP contribution >= 0.6 is 0 Å². The van der Waals surface area contributed by atoms with Gasteiger partial charge in [-0.25, -0.2) is 13.2 Å². The van der Waals surface area contributed by atoms with E-state index in [0.29, 0.717) is 12.0 Å². The van der Waals surface area contributed by atoms with Crippen molar-refractivity contribution in [1.82, 2.24) is 9.62 Å². The highest BCUT2D eigenvalue weighted by Gasteiger charge is 2.26. The molecule has 42 heavy (non-hydrogen) atoms. The summed E-state index contributed by atoms with van der Waals surface area (Å²) >= 11 is 0. The zero-order chi connectivity index (χ0) is 30.7. The molecule has 0 aliphatic carbocycles. The summed E-state index contributed by atoms with van der Waals surface area (Å²) in [5, 5.41) is 37.0. The number of carbonyl (C=O) groups is 1. The summed E-state index contributed by atoms with van der Waals surface area (Å²) in [6.07, 6.45) is -0.266. The highest BCUT2D eigenvalue weighted by molar-refractivity contribution is 7.89. The van der Waals surface area contributed by atoms with E-state index < -0.39 is 32.7 Å². The lowest BCUT2D eigenvalue weighted by molar-refractivity contribution is -0.384. The second-order valence-electron chi connectivity index (χ2n) is 10.9. The minimum atomic E-state index is -3.97. The van der Waals surface area contributed by atoms with Crippen LogP contribution in [0.5, 0.6) is 0 Å². The highest BCUT2D eigenvalue weighted by Crippen LogP contribution is 2.32. The first-order valence-electron chi connectivity index (χ1n) is 13.3. The number of aliphatic hydroxyl groups is 1.